The molecule has 1 aromatic heterocycles. The van der Waals surface area contributed by atoms with Gasteiger partial charge in [-0.15, -0.1) is 0 Å². The van der Waals surface area contributed by atoms with E-state index in [9.17, 15) is 13.2 Å². The monoisotopic (exact) mass is 356 g/mol. The molecule has 1 aliphatic heterocycles. The van der Waals surface area contributed by atoms with E-state index in [1.165, 1.54) is 7.11 Å². The molecule has 2 rings (SSSR count). The van der Waals surface area contributed by atoms with Gasteiger partial charge in [0.2, 0.25) is 11.8 Å². The molecule has 0 aromatic carbocycles. The lowest BCUT2D eigenvalue weighted by Crippen LogP contribution is -2.23. The number of rotatable bonds is 3. The van der Waals surface area contributed by atoms with Crippen molar-refractivity contribution < 1.29 is 27.8 Å². The Labute approximate surface area is 135 Å². The van der Waals surface area contributed by atoms with Gasteiger partial charge in [0.1, 0.15) is 5.02 Å². The predicted molar refractivity (Wildman–Crippen MR) is 76.8 cm³/mol. The van der Waals surface area contributed by atoms with Gasteiger partial charge in [0.15, 0.2) is 0 Å². The Kier molecular flexibility index (Phi) is 6.82. The molecule has 11 heteroatoms. The van der Waals surface area contributed by atoms with Crippen molar-refractivity contribution >= 4 is 23.5 Å². The Morgan fingerprint density at radius 3 is 2.61 bits per heavy atom. The zero-order chi connectivity index (χ0) is 17.6. The molecule has 0 bridgehead atoms. The average Bonchev–Trinajstić information content (AvgIpc) is 2.86. The summed E-state index contributed by atoms with van der Waals surface area (Å²) in [6.07, 6.45) is -2.48. The molecular formula is C12H16ClF3N4O3. The minimum atomic E-state index is -5.08. The zero-order valence-corrected chi connectivity index (χ0v) is 13.1. The molecule has 1 aromatic rings. The van der Waals surface area contributed by atoms with Gasteiger partial charge in [-0.1, -0.05) is 11.6 Å². The van der Waals surface area contributed by atoms with Crippen LogP contribution in [0.15, 0.2) is 6.20 Å². The largest absolute Gasteiger partial charge is 0.490 e. The van der Waals surface area contributed by atoms with Crippen LogP contribution in [0.4, 0.5) is 19.1 Å². The highest BCUT2D eigenvalue weighted by Crippen LogP contribution is 2.22. The van der Waals surface area contributed by atoms with Crippen molar-refractivity contribution in [2.24, 2.45) is 0 Å². The number of nitrogens with zero attached hydrogens (tertiary/aromatic N) is 2. The molecular weight excluding hydrogens is 341 g/mol. The third-order valence-electron chi connectivity index (χ3n) is 2.83. The van der Waals surface area contributed by atoms with Crippen molar-refractivity contribution in [3.8, 4) is 5.88 Å². The fourth-order valence-corrected chi connectivity index (χ4v) is 1.96. The van der Waals surface area contributed by atoms with Crippen LogP contribution in [-0.4, -0.2) is 53.0 Å². The summed E-state index contributed by atoms with van der Waals surface area (Å²) in [4.78, 5) is 17.2. The van der Waals surface area contributed by atoms with Gasteiger partial charge in [0.25, 0.3) is 0 Å². The molecule has 7 nitrogen and oxygen atoms in total. The summed E-state index contributed by atoms with van der Waals surface area (Å²) in [7, 11) is 1.54. The average molecular weight is 357 g/mol. The molecule has 0 unspecified atom stereocenters. The lowest BCUT2D eigenvalue weighted by Gasteiger charge is -2.12. The van der Waals surface area contributed by atoms with Crippen LogP contribution in [0.2, 0.25) is 5.02 Å². The van der Waals surface area contributed by atoms with Gasteiger partial charge < -0.3 is 20.5 Å². The second-order valence-corrected chi connectivity index (χ2v) is 5.15. The summed E-state index contributed by atoms with van der Waals surface area (Å²) < 4.78 is 36.8. The first-order valence-electron chi connectivity index (χ1n) is 6.50. The maximum Gasteiger partial charge on any atom is 0.490 e. The van der Waals surface area contributed by atoms with Crippen LogP contribution < -0.4 is 15.4 Å². The van der Waals surface area contributed by atoms with Crippen molar-refractivity contribution in [3.05, 3.63) is 11.2 Å². The molecule has 130 valence electrons. The fourth-order valence-electron chi connectivity index (χ4n) is 1.79. The van der Waals surface area contributed by atoms with Crippen LogP contribution in [0.3, 0.4) is 0 Å². The maximum absolute atomic E-state index is 10.6. The van der Waals surface area contributed by atoms with E-state index in [1.54, 1.807) is 6.20 Å². The van der Waals surface area contributed by atoms with Gasteiger partial charge in [-0.3, -0.25) is 0 Å². The number of methoxy groups -OCH3 is 1. The van der Waals surface area contributed by atoms with Crippen molar-refractivity contribution in [3.63, 3.8) is 0 Å². The van der Waals surface area contributed by atoms with Gasteiger partial charge >= 0.3 is 12.1 Å². The Balaban J connectivity index is 0.000000322. The van der Waals surface area contributed by atoms with E-state index in [-0.39, 0.29) is 0 Å². The molecule has 1 aliphatic rings. The number of hydrogen-bond donors (Lipinski definition) is 3. The first-order chi connectivity index (χ1) is 10.6. The van der Waals surface area contributed by atoms with Crippen molar-refractivity contribution in [1.82, 2.24) is 15.3 Å². The lowest BCUT2D eigenvalue weighted by molar-refractivity contribution is -0.192. The van der Waals surface area contributed by atoms with Crippen molar-refractivity contribution in [1.29, 1.82) is 0 Å². The van der Waals surface area contributed by atoms with Crippen LogP contribution >= 0.6 is 11.6 Å². The maximum atomic E-state index is 10.6. The van der Waals surface area contributed by atoms with E-state index in [4.69, 9.17) is 26.2 Å². The minimum absolute atomic E-state index is 0.362. The van der Waals surface area contributed by atoms with Gasteiger partial charge in [-0.25, -0.2) is 9.78 Å². The molecule has 0 aliphatic carbocycles. The normalized spacial score (nSPS) is 20.4. The quantitative estimate of drug-likeness (QED) is 0.761. The molecule has 0 spiro atoms. The molecule has 1 saturated heterocycles. The molecule has 3 N–H and O–H groups in total. The number of hydrogen-bond acceptors (Lipinski definition) is 6. The van der Waals surface area contributed by atoms with Crippen LogP contribution in [0, 0.1) is 0 Å². The number of alkyl halides is 3. The number of carbonyl (C=O) groups is 1. The van der Waals surface area contributed by atoms with E-state index >= 15 is 0 Å². The Hall–Kier alpha value is -1.81. The molecule has 23 heavy (non-hydrogen) atoms. The Morgan fingerprint density at radius 2 is 2.17 bits per heavy atom. The van der Waals surface area contributed by atoms with Crippen molar-refractivity contribution in [2.45, 2.75) is 31.6 Å². The van der Waals surface area contributed by atoms with Gasteiger partial charge in [0.05, 0.1) is 13.3 Å². The number of aromatic nitrogens is 2. The number of nitrogens with one attached hydrogen (secondary N) is 2. The van der Waals surface area contributed by atoms with E-state index < -0.39 is 12.1 Å². The van der Waals surface area contributed by atoms with Crippen LogP contribution in [0.25, 0.3) is 0 Å². The minimum Gasteiger partial charge on any atom is -0.480 e. The van der Waals surface area contributed by atoms with Gasteiger partial charge in [-0.2, -0.15) is 18.2 Å². The van der Waals surface area contributed by atoms with E-state index in [0.29, 0.717) is 28.9 Å². The molecule has 0 amide bonds. The third kappa shape index (κ3) is 6.45. The molecule has 2 atom stereocenters. The van der Waals surface area contributed by atoms with Crippen LogP contribution in [0.1, 0.15) is 13.3 Å². The molecule has 0 saturated carbocycles. The second-order valence-electron chi connectivity index (χ2n) is 4.74. The number of aliphatic carboxylic acids is 1. The predicted octanol–water partition coefficient (Wildman–Crippen LogP) is 1.93. The number of carboxylic acids is 1. The summed E-state index contributed by atoms with van der Waals surface area (Å²) in [5.41, 5.74) is 0. The number of halogens is 4. The summed E-state index contributed by atoms with van der Waals surface area (Å²) in [6, 6.07) is 0.896. The SMILES string of the molecule is COc1nc(N[C@H]2CN[C@H](C)C2)ncc1Cl.O=C(O)C(F)(F)F. The highest BCUT2D eigenvalue weighted by atomic mass is 35.5. The van der Waals surface area contributed by atoms with Crippen molar-refractivity contribution in [2.75, 3.05) is 19.0 Å². The fraction of sp³-hybridized carbons (Fsp3) is 0.583. The molecule has 0 radical (unpaired) electrons. The van der Waals surface area contributed by atoms with Crippen LogP contribution in [-0.2, 0) is 4.79 Å². The van der Waals surface area contributed by atoms with Gasteiger partial charge in [-0.05, 0) is 13.3 Å². The number of anilines is 1. The Bertz CT molecular complexity index is 545. The lowest BCUT2D eigenvalue weighted by atomic mass is 10.2. The topological polar surface area (TPSA) is 96.4 Å². The third-order valence-corrected chi connectivity index (χ3v) is 3.09. The van der Waals surface area contributed by atoms with E-state index in [2.05, 4.69) is 27.5 Å². The smallest absolute Gasteiger partial charge is 0.480 e. The summed E-state index contributed by atoms with van der Waals surface area (Å²) >= 11 is 5.85. The van der Waals surface area contributed by atoms with E-state index in [1.807, 2.05) is 0 Å². The standard InChI is InChI=1S/C10H15ClN4O.C2HF3O2/c1-6-3-7(4-12-6)14-10-13-5-8(11)9(15-10)16-2;3-2(4,5)1(6)7/h5-7,12H,3-4H2,1-2H3,(H,13,14,15);(H,6,7)/t6-,7-;/m1./s1. The first-order valence-corrected chi connectivity index (χ1v) is 6.87. The first kappa shape index (κ1) is 19.2. The highest BCUT2D eigenvalue weighted by molar-refractivity contribution is 6.31. The number of ether oxygens (including phenoxy) is 1. The zero-order valence-electron chi connectivity index (χ0n) is 12.3. The van der Waals surface area contributed by atoms with Gasteiger partial charge in [0, 0.05) is 18.6 Å². The molecule has 1 fully saturated rings. The second kappa shape index (κ2) is 8.16. The van der Waals surface area contributed by atoms with E-state index in [0.717, 1.165) is 13.0 Å². The molecule has 2 heterocycles. The van der Waals surface area contributed by atoms with Crippen LogP contribution in [0.5, 0.6) is 5.88 Å². The summed E-state index contributed by atoms with van der Waals surface area (Å²) in [6.45, 7) is 3.08. The highest BCUT2D eigenvalue weighted by Gasteiger charge is 2.38. The summed E-state index contributed by atoms with van der Waals surface area (Å²) in [5.74, 6) is -1.80. The summed E-state index contributed by atoms with van der Waals surface area (Å²) in [5, 5.41) is 14.2. The number of carboxylic acid groups (broad SMARTS) is 1. The Morgan fingerprint density at radius 1 is 1.57 bits per heavy atom.